The van der Waals surface area contributed by atoms with Crippen molar-refractivity contribution in [2.75, 3.05) is 6.54 Å². The Bertz CT molecular complexity index is 476. The van der Waals surface area contributed by atoms with Gasteiger partial charge >= 0.3 is 0 Å². The summed E-state index contributed by atoms with van der Waals surface area (Å²) in [6, 6.07) is 2.19. The summed E-state index contributed by atoms with van der Waals surface area (Å²) in [5.74, 6) is 0. The molecule has 2 heterocycles. The third-order valence-electron chi connectivity index (χ3n) is 2.70. The van der Waals surface area contributed by atoms with Gasteiger partial charge in [-0.15, -0.1) is 5.10 Å². The van der Waals surface area contributed by atoms with Gasteiger partial charge in [-0.05, 0) is 38.0 Å². The average Bonchev–Trinajstić information content (AvgIpc) is 2.94. The van der Waals surface area contributed by atoms with Gasteiger partial charge in [-0.25, -0.2) is 0 Å². The maximum Gasteiger partial charge on any atom is 0.0876 e. The molecule has 2 aromatic rings. The topological polar surface area (TPSA) is 55.6 Å². The molecule has 1 atom stereocenters. The van der Waals surface area contributed by atoms with E-state index < -0.39 is 0 Å². The molecular weight excluding hydrogens is 234 g/mol. The minimum absolute atomic E-state index is 0.141. The van der Waals surface area contributed by atoms with E-state index in [1.807, 2.05) is 17.8 Å². The molecule has 0 amide bonds. The van der Waals surface area contributed by atoms with Crippen molar-refractivity contribution in [1.82, 2.24) is 24.7 Å². The third-order valence-corrected chi connectivity index (χ3v) is 3.59. The molecule has 0 aliphatic rings. The lowest BCUT2D eigenvalue weighted by molar-refractivity contribution is 0.545. The van der Waals surface area contributed by atoms with E-state index in [0.717, 1.165) is 18.8 Å². The SMILES string of the molecule is CCNC(c1snnc1C)c1ccnn1CC. The Morgan fingerprint density at radius 2 is 2.29 bits per heavy atom. The van der Waals surface area contributed by atoms with E-state index in [1.54, 1.807) is 0 Å². The van der Waals surface area contributed by atoms with Gasteiger partial charge in [-0.3, -0.25) is 4.68 Å². The van der Waals surface area contributed by atoms with Crippen LogP contribution in [0.25, 0.3) is 0 Å². The molecule has 6 heteroatoms. The first kappa shape index (κ1) is 12.2. The number of aryl methyl sites for hydroxylation is 2. The van der Waals surface area contributed by atoms with E-state index in [0.29, 0.717) is 0 Å². The zero-order valence-electron chi connectivity index (χ0n) is 10.3. The fraction of sp³-hybridized carbons (Fsp3) is 0.545. The standard InChI is InChI=1S/C11H17N5S/c1-4-12-10(11-8(3)14-15-17-11)9-6-7-13-16(9)5-2/h6-7,10,12H,4-5H2,1-3H3. The number of nitrogens with one attached hydrogen (secondary N) is 1. The van der Waals surface area contributed by atoms with Gasteiger partial charge in [0, 0.05) is 12.7 Å². The Balaban J connectivity index is 2.39. The fourth-order valence-corrected chi connectivity index (χ4v) is 2.62. The number of aromatic nitrogens is 4. The van der Waals surface area contributed by atoms with Crippen molar-refractivity contribution in [1.29, 1.82) is 0 Å². The van der Waals surface area contributed by atoms with Crippen molar-refractivity contribution < 1.29 is 0 Å². The van der Waals surface area contributed by atoms with Crippen molar-refractivity contribution in [2.45, 2.75) is 33.4 Å². The third kappa shape index (κ3) is 2.37. The highest BCUT2D eigenvalue weighted by Gasteiger charge is 2.21. The summed E-state index contributed by atoms with van der Waals surface area (Å²) in [7, 11) is 0. The zero-order chi connectivity index (χ0) is 12.3. The molecule has 0 aliphatic carbocycles. The summed E-state index contributed by atoms with van der Waals surface area (Å²) in [6.45, 7) is 7.96. The van der Waals surface area contributed by atoms with E-state index in [9.17, 15) is 0 Å². The molecule has 1 unspecified atom stereocenters. The van der Waals surface area contributed by atoms with Crippen molar-refractivity contribution in [2.24, 2.45) is 0 Å². The summed E-state index contributed by atoms with van der Waals surface area (Å²) in [6.07, 6.45) is 1.84. The normalized spacial score (nSPS) is 12.9. The predicted octanol–water partition coefficient (Wildman–Crippen LogP) is 1.76. The highest BCUT2D eigenvalue weighted by Crippen LogP contribution is 2.26. The minimum atomic E-state index is 0.141. The van der Waals surface area contributed by atoms with Gasteiger partial charge < -0.3 is 5.32 Å². The Morgan fingerprint density at radius 1 is 1.47 bits per heavy atom. The highest BCUT2D eigenvalue weighted by atomic mass is 32.1. The van der Waals surface area contributed by atoms with Crippen molar-refractivity contribution >= 4 is 11.5 Å². The lowest BCUT2D eigenvalue weighted by Gasteiger charge is -2.17. The van der Waals surface area contributed by atoms with Gasteiger partial charge in [0.15, 0.2) is 0 Å². The van der Waals surface area contributed by atoms with Crippen LogP contribution in [0, 0.1) is 6.92 Å². The number of hydrogen-bond donors (Lipinski definition) is 1. The molecule has 1 N–H and O–H groups in total. The molecule has 0 aromatic carbocycles. The summed E-state index contributed by atoms with van der Waals surface area (Å²) in [4.78, 5) is 1.17. The fourth-order valence-electron chi connectivity index (χ4n) is 1.89. The Hall–Kier alpha value is -1.27. The molecule has 92 valence electrons. The van der Waals surface area contributed by atoms with E-state index >= 15 is 0 Å². The smallest absolute Gasteiger partial charge is 0.0876 e. The largest absolute Gasteiger partial charge is 0.304 e. The maximum atomic E-state index is 4.32. The molecular formula is C11H17N5S. The Kier molecular flexibility index (Phi) is 3.86. The Morgan fingerprint density at radius 3 is 2.88 bits per heavy atom. The van der Waals surface area contributed by atoms with Crippen LogP contribution in [0.15, 0.2) is 12.3 Å². The molecule has 0 bridgehead atoms. The van der Waals surface area contributed by atoms with Crippen LogP contribution in [0.5, 0.6) is 0 Å². The molecule has 0 fully saturated rings. The number of rotatable bonds is 5. The van der Waals surface area contributed by atoms with E-state index in [1.165, 1.54) is 22.1 Å². The van der Waals surface area contributed by atoms with Crippen LogP contribution in [0.4, 0.5) is 0 Å². The number of hydrogen-bond acceptors (Lipinski definition) is 5. The van der Waals surface area contributed by atoms with Crippen molar-refractivity contribution in [3.8, 4) is 0 Å². The molecule has 0 saturated heterocycles. The van der Waals surface area contributed by atoms with Crippen LogP contribution >= 0.6 is 11.5 Å². The monoisotopic (exact) mass is 251 g/mol. The van der Waals surface area contributed by atoms with Gasteiger partial charge in [-0.1, -0.05) is 11.4 Å². The summed E-state index contributed by atoms with van der Waals surface area (Å²) in [5.41, 5.74) is 2.16. The second-order valence-corrected chi connectivity index (χ2v) is 4.57. The molecule has 2 rings (SSSR count). The van der Waals surface area contributed by atoms with Crippen LogP contribution in [0.2, 0.25) is 0 Å². The molecule has 0 spiro atoms. The average molecular weight is 251 g/mol. The van der Waals surface area contributed by atoms with Crippen LogP contribution in [0.1, 0.15) is 36.2 Å². The first-order valence-corrected chi connectivity index (χ1v) is 6.59. The molecule has 0 saturated carbocycles. The minimum Gasteiger partial charge on any atom is -0.304 e. The lowest BCUT2D eigenvalue weighted by atomic mass is 10.1. The molecule has 17 heavy (non-hydrogen) atoms. The summed E-state index contributed by atoms with van der Waals surface area (Å²) < 4.78 is 6.02. The second kappa shape index (κ2) is 5.37. The molecule has 0 radical (unpaired) electrons. The lowest BCUT2D eigenvalue weighted by Crippen LogP contribution is -2.24. The second-order valence-electron chi connectivity index (χ2n) is 3.79. The van der Waals surface area contributed by atoms with Crippen LogP contribution in [-0.2, 0) is 6.54 Å². The first-order chi connectivity index (χ1) is 8.27. The van der Waals surface area contributed by atoms with Crippen LogP contribution in [-0.4, -0.2) is 25.9 Å². The van der Waals surface area contributed by atoms with E-state index in [2.05, 4.69) is 39.9 Å². The highest BCUT2D eigenvalue weighted by molar-refractivity contribution is 7.05. The zero-order valence-corrected chi connectivity index (χ0v) is 11.2. The number of nitrogens with zero attached hydrogens (tertiary/aromatic N) is 4. The quantitative estimate of drug-likeness (QED) is 0.880. The van der Waals surface area contributed by atoms with Crippen molar-refractivity contribution in [3.63, 3.8) is 0 Å². The molecule has 5 nitrogen and oxygen atoms in total. The van der Waals surface area contributed by atoms with Crippen LogP contribution < -0.4 is 5.32 Å². The van der Waals surface area contributed by atoms with Gasteiger partial charge in [0.1, 0.15) is 0 Å². The summed E-state index contributed by atoms with van der Waals surface area (Å²) in [5, 5.41) is 11.9. The Labute approximate surface area is 105 Å². The summed E-state index contributed by atoms with van der Waals surface area (Å²) >= 11 is 1.45. The van der Waals surface area contributed by atoms with E-state index in [-0.39, 0.29) is 6.04 Å². The predicted molar refractivity (Wildman–Crippen MR) is 68.1 cm³/mol. The van der Waals surface area contributed by atoms with Crippen molar-refractivity contribution in [3.05, 3.63) is 28.5 Å². The van der Waals surface area contributed by atoms with Gasteiger partial charge in [-0.2, -0.15) is 5.10 Å². The van der Waals surface area contributed by atoms with Gasteiger partial charge in [0.2, 0.25) is 0 Å². The van der Waals surface area contributed by atoms with E-state index in [4.69, 9.17) is 0 Å². The molecule has 0 aliphatic heterocycles. The molecule has 2 aromatic heterocycles. The first-order valence-electron chi connectivity index (χ1n) is 5.81. The maximum absolute atomic E-state index is 4.32. The van der Waals surface area contributed by atoms with Gasteiger partial charge in [0.25, 0.3) is 0 Å². The van der Waals surface area contributed by atoms with Crippen LogP contribution in [0.3, 0.4) is 0 Å². The van der Waals surface area contributed by atoms with Gasteiger partial charge in [0.05, 0.1) is 22.3 Å².